The number of carboxylic acid groups (broad SMARTS) is 1. The fourth-order valence-electron chi connectivity index (χ4n) is 2.52. The lowest BCUT2D eigenvalue weighted by Gasteiger charge is -2.21. The summed E-state index contributed by atoms with van der Waals surface area (Å²) in [5.41, 5.74) is 0. The number of carboxylic acids is 1. The molecule has 2 saturated carbocycles. The lowest BCUT2D eigenvalue weighted by molar-refractivity contribution is -0.140. The molecule has 0 spiro atoms. The molecule has 0 aliphatic heterocycles. The summed E-state index contributed by atoms with van der Waals surface area (Å²) >= 11 is 0. The van der Waals surface area contributed by atoms with Gasteiger partial charge < -0.3 is 15.2 Å². The molecule has 18 heavy (non-hydrogen) atoms. The molecule has 2 fully saturated rings. The molecule has 0 saturated heterocycles. The van der Waals surface area contributed by atoms with Gasteiger partial charge in [0.1, 0.15) is 0 Å². The Morgan fingerprint density at radius 2 is 1.89 bits per heavy atom. The predicted molar refractivity (Wildman–Crippen MR) is 65.1 cm³/mol. The normalized spacial score (nSPS) is 27.8. The zero-order valence-corrected chi connectivity index (χ0v) is 10.6. The van der Waals surface area contributed by atoms with Gasteiger partial charge in [-0.05, 0) is 19.3 Å². The van der Waals surface area contributed by atoms with Crippen molar-refractivity contribution in [1.82, 2.24) is 5.32 Å². The van der Waals surface area contributed by atoms with Crippen LogP contribution in [0.1, 0.15) is 38.5 Å². The number of ether oxygens (including phenoxy) is 1. The van der Waals surface area contributed by atoms with Gasteiger partial charge in [0.15, 0.2) is 0 Å². The van der Waals surface area contributed by atoms with Gasteiger partial charge in [0, 0.05) is 6.54 Å². The van der Waals surface area contributed by atoms with Crippen LogP contribution in [0.4, 0.5) is 0 Å². The van der Waals surface area contributed by atoms with Crippen LogP contribution in [0.15, 0.2) is 0 Å². The van der Waals surface area contributed by atoms with Gasteiger partial charge in [-0.25, -0.2) is 0 Å². The number of hydrogen-bond donors (Lipinski definition) is 2. The van der Waals surface area contributed by atoms with Crippen molar-refractivity contribution in [3.05, 3.63) is 0 Å². The van der Waals surface area contributed by atoms with Gasteiger partial charge in [-0.15, -0.1) is 0 Å². The third kappa shape index (κ3) is 3.70. The highest BCUT2D eigenvalue weighted by Crippen LogP contribution is 2.38. The number of aliphatic carboxylic acids is 1. The molecule has 2 aliphatic rings. The third-order valence-electron chi connectivity index (χ3n) is 3.75. The van der Waals surface area contributed by atoms with E-state index in [1.54, 1.807) is 0 Å². The fourth-order valence-corrected chi connectivity index (χ4v) is 2.52. The van der Waals surface area contributed by atoms with Crippen molar-refractivity contribution in [2.75, 3.05) is 13.2 Å². The summed E-state index contributed by atoms with van der Waals surface area (Å²) in [6.45, 7) is 1.01. The van der Waals surface area contributed by atoms with E-state index in [4.69, 9.17) is 9.84 Å². The molecule has 0 aromatic carbocycles. The molecule has 1 amide bonds. The lowest BCUT2D eigenvalue weighted by atomic mass is 9.98. The molecule has 2 unspecified atom stereocenters. The van der Waals surface area contributed by atoms with Crippen LogP contribution in [0.2, 0.25) is 0 Å². The number of rotatable bonds is 6. The van der Waals surface area contributed by atoms with Gasteiger partial charge in [-0.3, -0.25) is 9.59 Å². The van der Waals surface area contributed by atoms with Crippen LogP contribution >= 0.6 is 0 Å². The first kappa shape index (κ1) is 13.3. The van der Waals surface area contributed by atoms with Crippen molar-refractivity contribution in [1.29, 1.82) is 0 Å². The molecule has 5 heteroatoms. The van der Waals surface area contributed by atoms with Crippen molar-refractivity contribution in [3.63, 3.8) is 0 Å². The van der Waals surface area contributed by atoms with Crippen molar-refractivity contribution >= 4 is 11.9 Å². The SMILES string of the molecule is O=C(O)C1CC1C(=O)NCCOC1CCCCC1. The Labute approximate surface area is 107 Å². The summed E-state index contributed by atoms with van der Waals surface area (Å²) < 4.78 is 5.68. The van der Waals surface area contributed by atoms with E-state index in [0.29, 0.717) is 25.7 Å². The smallest absolute Gasteiger partial charge is 0.307 e. The van der Waals surface area contributed by atoms with Crippen molar-refractivity contribution < 1.29 is 19.4 Å². The second kappa shape index (κ2) is 6.18. The summed E-state index contributed by atoms with van der Waals surface area (Å²) in [7, 11) is 0. The van der Waals surface area contributed by atoms with E-state index in [1.165, 1.54) is 19.3 Å². The minimum atomic E-state index is -0.867. The van der Waals surface area contributed by atoms with Crippen LogP contribution in [-0.4, -0.2) is 36.2 Å². The maximum Gasteiger partial charge on any atom is 0.307 e. The summed E-state index contributed by atoms with van der Waals surface area (Å²) in [6, 6.07) is 0. The summed E-state index contributed by atoms with van der Waals surface area (Å²) in [5.74, 6) is -1.80. The van der Waals surface area contributed by atoms with Gasteiger partial charge >= 0.3 is 5.97 Å². The zero-order chi connectivity index (χ0) is 13.0. The summed E-state index contributed by atoms with van der Waals surface area (Å²) in [5, 5.41) is 11.5. The molecule has 0 heterocycles. The maximum atomic E-state index is 11.5. The Balaban J connectivity index is 1.53. The number of carbonyl (C=O) groups excluding carboxylic acids is 1. The van der Waals surface area contributed by atoms with Gasteiger partial charge in [0.25, 0.3) is 0 Å². The quantitative estimate of drug-likeness (QED) is 0.699. The summed E-state index contributed by atoms with van der Waals surface area (Å²) in [4.78, 5) is 22.1. The molecule has 0 radical (unpaired) electrons. The van der Waals surface area contributed by atoms with E-state index < -0.39 is 11.9 Å². The largest absolute Gasteiger partial charge is 0.481 e. The molecule has 2 rings (SSSR count). The van der Waals surface area contributed by atoms with E-state index in [0.717, 1.165) is 12.8 Å². The average Bonchev–Trinajstić information content (AvgIpc) is 3.16. The zero-order valence-electron chi connectivity index (χ0n) is 10.6. The van der Waals surface area contributed by atoms with Crippen LogP contribution in [0.3, 0.4) is 0 Å². The van der Waals surface area contributed by atoms with Crippen LogP contribution in [-0.2, 0) is 14.3 Å². The molecule has 2 aliphatic carbocycles. The second-order valence-corrected chi connectivity index (χ2v) is 5.21. The van der Waals surface area contributed by atoms with Gasteiger partial charge in [-0.1, -0.05) is 19.3 Å². The van der Waals surface area contributed by atoms with Crippen LogP contribution in [0.5, 0.6) is 0 Å². The van der Waals surface area contributed by atoms with Gasteiger partial charge in [-0.2, -0.15) is 0 Å². The van der Waals surface area contributed by atoms with E-state index in [1.807, 2.05) is 0 Å². The molecule has 5 nitrogen and oxygen atoms in total. The van der Waals surface area contributed by atoms with E-state index in [-0.39, 0.29) is 11.8 Å². The number of amides is 1. The molecule has 2 N–H and O–H groups in total. The van der Waals surface area contributed by atoms with Gasteiger partial charge in [0.05, 0.1) is 24.5 Å². The number of carbonyl (C=O) groups is 2. The minimum absolute atomic E-state index is 0.144. The molecular formula is C13H21NO4. The average molecular weight is 255 g/mol. The highest BCUT2D eigenvalue weighted by Gasteiger charge is 2.48. The number of hydrogen-bond acceptors (Lipinski definition) is 3. The fraction of sp³-hybridized carbons (Fsp3) is 0.846. The Morgan fingerprint density at radius 1 is 1.17 bits per heavy atom. The van der Waals surface area contributed by atoms with Crippen LogP contribution in [0, 0.1) is 11.8 Å². The van der Waals surface area contributed by atoms with Gasteiger partial charge in [0.2, 0.25) is 5.91 Å². The van der Waals surface area contributed by atoms with E-state index >= 15 is 0 Å². The standard InChI is InChI=1S/C13H21NO4/c15-12(10-8-11(10)13(16)17)14-6-7-18-9-4-2-1-3-5-9/h9-11H,1-8H2,(H,14,15)(H,16,17). The topological polar surface area (TPSA) is 75.6 Å². The highest BCUT2D eigenvalue weighted by molar-refractivity contribution is 5.89. The molecule has 0 bridgehead atoms. The van der Waals surface area contributed by atoms with Crippen molar-refractivity contribution in [2.24, 2.45) is 11.8 Å². The first-order valence-corrected chi connectivity index (χ1v) is 6.80. The summed E-state index contributed by atoms with van der Waals surface area (Å²) in [6.07, 6.45) is 6.84. The predicted octanol–water partition coefficient (Wildman–Crippen LogP) is 1.17. The first-order valence-electron chi connectivity index (χ1n) is 6.80. The Hall–Kier alpha value is -1.10. The van der Waals surface area contributed by atoms with Crippen molar-refractivity contribution in [2.45, 2.75) is 44.6 Å². The lowest BCUT2D eigenvalue weighted by Crippen LogP contribution is -2.31. The Bertz CT molecular complexity index is 312. The third-order valence-corrected chi connectivity index (χ3v) is 3.75. The van der Waals surface area contributed by atoms with E-state index in [9.17, 15) is 9.59 Å². The van der Waals surface area contributed by atoms with Crippen molar-refractivity contribution in [3.8, 4) is 0 Å². The van der Waals surface area contributed by atoms with Crippen LogP contribution < -0.4 is 5.32 Å². The molecule has 0 aromatic rings. The highest BCUT2D eigenvalue weighted by atomic mass is 16.5. The minimum Gasteiger partial charge on any atom is -0.481 e. The molecular weight excluding hydrogens is 234 g/mol. The monoisotopic (exact) mass is 255 g/mol. The molecule has 2 atom stereocenters. The Kier molecular flexibility index (Phi) is 4.58. The Morgan fingerprint density at radius 3 is 2.50 bits per heavy atom. The van der Waals surface area contributed by atoms with E-state index in [2.05, 4.69) is 5.32 Å². The molecule has 102 valence electrons. The number of nitrogens with one attached hydrogen (secondary N) is 1. The maximum absolute atomic E-state index is 11.5. The first-order chi connectivity index (χ1) is 8.68. The van der Waals surface area contributed by atoms with Crippen LogP contribution in [0.25, 0.3) is 0 Å². The second-order valence-electron chi connectivity index (χ2n) is 5.21. The molecule has 0 aromatic heterocycles.